The Kier molecular flexibility index (Phi) is 8.87. The van der Waals surface area contributed by atoms with E-state index in [9.17, 15) is 14.4 Å². The second-order valence-electron chi connectivity index (χ2n) is 6.58. The fourth-order valence-corrected chi connectivity index (χ4v) is 3.31. The number of carboxylic acid groups (broad SMARTS) is 1. The van der Waals surface area contributed by atoms with E-state index in [4.69, 9.17) is 5.11 Å². The fraction of sp³-hybridized carbons (Fsp3) is 0.450. The zero-order valence-corrected chi connectivity index (χ0v) is 16.8. The minimum atomic E-state index is -0.998. The number of carboxylic acids is 1. The Balaban J connectivity index is 1.61. The number of fused-ring (bicyclic) bond motifs is 1. The van der Waals surface area contributed by atoms with Gasteiger partial charge in [-0.25, -0.2) is 4.79 Å². The van der Waals surface area contributed by atoms with Gasteiger partial charge in [0.05, 0.1) is 0 Å². The van der Waals surface area contributed by atoms with Gasteiger partial charge in [-0.3, -0.25) is 9.59 Å². The molecule has 4 N–H and O–H groups in total. The summed E-state index contributed by atoms with van der Waals surface area (Å²) in [5, 5.41) is 15.5. The number of rotatable bonds is 12. The Bertz CT molecular complexity index is 773. The molecule has 1 unspecified atom stereocenters. The van der Waals surface area contributed by atoms with Crippen molar-refractivity contribution in [2.75, 3.05) is 18.6 Å². The van der Waals surface area contributed by atoms with Gasteiger partial charge in [-0.1, -0.05) is 24.6 Å². The molecule has 0 aliphatic rings. The number of carbonyl (C=O) groups excluding carboxylic acids is 2. The standard InChI is InChI=1S/C20H27N3O4S/c1-28-12-10-16(20(26)27)23-18(24)9-3-2-6-11-21-19(25)17-13-14-7-4-5-8-15(14)22-17/h4-5,7-8,13,16,22H,2-3,6,9-12H2,1H3,(H,21,25)(H,23,24)(H,26,27). The lowest BCUT2D eigenvalue weighted by molar-refractivity contribution is -0.141. The van der Waals surface area contributed by atoms with Crippen LogP contribution in [0.4, 0.5) is 0 Å². The molecule has 7 nitrogen and oxygen atoms in total. The molecule has 0 saturated heterocycles. The van der Waals surface area contributed by atoms with Crippen LogP contribution in [0.1, 0.15) is 42.6 Å². The second-order valence-corrected chi connectivity index (χ2v) is 7.56. The summed E-state index contributed by atoms with van der Waals surface area (Å²) in [6.45, 7) is 0.529. The lowest BCUT2D eigenvalue weighted by Gasteiger charge is -2.13. The van der Waals surface area contributed by atoms with Crippen LogP contribution in [0.2, 0.25) is 0 Å². The van der Waals surface area contributed by atoms with E-state index < -0.39 is 12.0 Å². The van der Waals surface area contributed by atoms with Crippen molar-refractivity contribution in [2.24, 2.45) is 0 Å². The average Bonchev–Trinajstić information content (AvgIpc) is 3.11. The first kappa shape index (κ1) is 21.8. The summed E-state index contributed by atoms with van der Waals surface area (Å²) in [4.78, 5) is 38.3. The molecule has 0 aliphatic carbocycles. The first-order chi connectivity index (χ1) is 13.5. The van der Waals surface area contributed by atoms with Crippen molar-refractivity contribution in [3.63, 3.8) is 0 Å². The number of aromatic nitrogens is 1. The van der Waals surface area contributed by atoms with Gasteiger partial charge in [0, 0.05) is 23.9 Å². The van der Waals surface area contributed by atoms with Crippen molar-refractivity contribution in [3.8, 4) is 0 Å². The third-order valence-electron chi connectivity index (χ3n) is 4.38. The zero-order chi connectivity index (χ0) is 20.4. The summed E-state index contributed by atoms with van der Waals surface area (Å²) in [6, 6.07) is 8.71. The van der Waals surface area contributed by atoms with Crippen LogP contribution in [-0.2, 0) is 9.59 Å². The normalized spacial score (nSPS) is 11.9. The lowest BCUT2D eigenvalue weighted by atomic mass is 10.1. The number of aliphatic carboxylic acids is 1. The monoisotopic (exact) mass is 405 g/mol. The Morgan fingerprint density at radius 3 is 2.68 bits per heavy atom. The molecular weight excluding hydrogens is 378 g/mol. The van der Waals surface area contributed by atoms with Gasteiger partial charge in [-0.2, -0.15) is 11.8 Å². The topological polar surface area (TPSA) is 111 Å². The van der Waals surface area contributed by atoms with Gasteiger partial charge in [0.1, 0.15) is 11.7 Å². The highest BCUT2D eigenvalue weighted by Gasteiger charge is 2.18. The second kappa shape index (κ2) is 11.4. The molecule has 0 aliphatic heterocycles. The van der Waals surface area contributed by atoms with Crippen molar-refractivity contribution >= 4 is 40.4 Å². The van der Waals surface area contributed by atoms with Crippen molar-refractivity contribution in [1.82, 2.24) is 15.6 Å². The third kappa shape index (κ3) is 6.92. The summed E-state index contributed by atoms with van der Waals surface area (Å²) < 4.78 is 0. The van der Waals surface area contributed by atoms with Crippen LogP contribution in [-0.4, -0.2) is 52.5 Å². The number of unbranched alkanes of at least 4 members (excludes halogenated alkanes) is 2. The maximum Gasteiger partial charge on any atom is 0.326 e. The number of thioether (sulfide) groups is 1. The number of amides is 2. The van der Waals surface area contributed by atoms with E-state index in [2.05, 4.69) is 15.6 Å². The van der Waals surface area contributed by atoms with Gasteiger partial charge in [0.15, 0.2) is 0 Å². The highest BCUT2D eigenvalue weighted by Crippen LogP contribution is 2.14. The fourth-order valence-electron chi connectivity index (χ4n) is 2.84. The van der Waals surface area contributed by atoms with E-state index in [1.54, 1.807) is 11.8 Å². The van der Waals surface area contributed by atoms with Gasteiger partial charge >= 0.3 is 5.97 Å². The lowest BCUT2D eigenvalue weighted by Crippen LogP contribution is -2.41. The minimum absolute atomic E-state index is 0.146. The number of hydrogen-bond acceptors (Lipinski definition) is 4. The van der Waals surface area contributed by atoms with Crippen LogP contribution in [0.25, 0.3) is 10.9 Å². The predicted octanol–water partition coefficient (Wildman–Crippen LogP) is 2.78. The molecule has 28 heavy (non-hydrogen) atoms. The number of nitrogens with one attached hydrogen (secondary N) is 3. The predicted molar refractivity (Wildman–Crippen MR) is 112 cm³/mol. The van der Waals surface area contributed by atoms with Gasteiger partial charge in [-0.15, -0.1) is 0 Å². The van der Waals surface area contributed by atoms with E-state index in [1.165, 1.54) is 0 Å². The molecule has 1 aromatic carbocycles. The molecule has 0 saturated carbocycles. The van der Waals surface area contributed by atoms with Crippen LogP contribution in [0.3, 0.4) is 0 Å². The number of carbonyl (C=O) groups is 3. The third-order valence-corrected chi connectivity index (χ3v) is 5.03. The maximum atomic E-state index is 12.2. The molecule has 2 rings (SSSR count). The molecule has 1 atom stereocenters. The highest BCUT2D eigenvalue weighted by atomic mass is 32.2. The van der Waals surface area contributed by atoms with Gasteiger partial charge in [0.25, 0.3) is 5.91 Å². The van der Waals surface area contributed by atoms with Crippen LogP contribution in [0, 0.1) is 0 Å². The molecule has 152 valence electrons. The Labute approximate surface area is 168 Å². The minimum Gasteiger partial charge on any atom is -0.480 e. The number of hydrogen-bond donors (Lipinski definition) is 4. The van der Waals surface area contributed by atoms with Crippen molar-refractivity contribution in [1.29, 1.82) is 0 Å². The Morgan fingerprint density at radius 2 is 1.96 bits per heavy atom. The number of aromatic amines is 1. The summed E-state index contributed by atoms with van der Waals surface area (Å²) >= 11 is 1.55. The molecule has 0 radical (unpaired) electrons. The largest absolute Gasteiger partial charge is 0.480 e. The average molecular weight is 406 g/mol. The van der Waals surface area contributed by atoms with Crippen LogP contribution in [0.15, 0.2) is 30.3 Å². The molecule has 0 bridgehead atoms. The van der Waals surface area contributed by atoms with Gasteiger partial charge < -0.3 is 20.7 Å². The molecule has 1 heterocycles. The molecule has 1 aromatic heterocycles. The Morgan fingerprint density at radius 1 is 1.18 bits per heavy atom. The number of benzene rings is 1. The molecule has 0 spiro atoms. The van der Waals surface area contributed by atoms with Crippen LogP contribution < -0.4 is 10.6 Å². The van der Waals surface area contributed by atoms with E-state index >= 15 is 0 Å². The summed E-state index contributed by atoms with van der Waals surface area (Å²) in [5.41, 5.74) is 1.46. The molecule has 2 aromatic rings. The van der Waals surface area contributed by atoms with Gasteiger partial charge in [0.2, 0.25) is 5.91 Å². The molecule has 8 heteroatoms. The van der Waals surface area contributed by atoms with Crippen LogP contribution in [0.5, 0.6) is 0 Å². The van der Waals surface area contributed by atoms with E-state index in [-0.39, 0.29) is 11.8 Å². The van der Waals surface area contributed by atoms with E-state index in [0.717, 1.165) is 23.7 Å². The molecule has 0 fully saturated rings. The number of para-hydroxylation sites is 1. The van der Waals surface area contributed by atoms with E-state index in [1.807, 2.05) is 36.6 Å². The smallest absolute Gasteiger partial charge is 0.326 e. The number of H-pyrrole nitrogens is 1. The first-order valence-corrected chi connectivity index (χ1v) is 10.8. The van der Waals surface area contributed by atoms with Crippen LogP contribution >= 0.6 is 11.8 Å². The van der Waals surface area contributed by atoms with Gasteiger partial charge in [-0.05, 0) is 43.4 Å². The molecule has 2 amide bonds. The summed E-state index contributed by atoms with van der Waals surface area (Å²) in [7, 11) is 0. The highest BCUT2D eigenvalue weighted by molar-refractivity contribution is 7.98. The van der Waals surface area contributed by atoms with Crippen molar-refractivity contribution in [2.45, 2.75) is 38.1 Å². The Hall–Kier alpha value is -2.48. The summed E-state index contributed by atoms with van der Waals surface area (Å²) in [5.74, 6) is -0.697. The van der Waals surface area contributed by atoms with Crippen molar-refractivity contribution in [3.05, 3.63) is 36.0 Å². The summed E-state index contributed by atoms with van der Waals surface area (Å²) in [6.07, 6.45) is 4.80. The molecular formula is C20H27N3O4S. The maximum absolute atomic E-state index is 12.2. The quantitative estimate of drug-likeness (QED) is 0.406. The zero-order valence-electron chi connectivity index (χ0n) is 16.0. The van der Waals surface area contributed by atoms with Crippen molar-refractivity contribution < 1.29 is 19.5 Å². The first-order valence-electron chi connectivity index (χ1n) is 9.38. The van der Waals surface area contributed by atoms with E-state index in [0.29, 0.717) is 37.3 Å². The SMILES string of the molecule is CSCCC(NC(=O)CCCCCNC(=O)c1cc2ccccc2[nH]1)C(=O)O.